The van der Waals surface area contributed by atoms with Crippen LogP contribution >= 0.6 is 0 Å². The van der Waals surface area contributed by atoms with Gasteiger partial charge in [-0.1, -0.05) is 23.8 Å². The van der Waals surface area contributed by atoms with E-state index in [4.69, 9.17) is 4.74 Å². The number of imide groups is 1. The highest BCUT2D eigenvalue weighted by Crippen LogP contribution is 2.55. The van der Waals surface area contributed by atoms with Crippen molar-refractivity contribution in [2.24, 2.45) is 23.7 Å². The Kier molecular flexibility index (Phi) is 5.35. The zero-order valence-corrected chi connectivity index (χ0v) is 19.3. The molecule has 2 aliphatic carbocycles. The van der Waals surface area contributed by atoms with Gasteiger partial charge in [-0.15, -0.1) is 0 Å². The first kappa shape index (κ1) is 22.1. The Morgan fingerprint density at radius 2 is 1.71 bits per heavy atom. The maximum absolute atomic E-state index is 13.1. The average molecular weight is 459 g/mol. The highest BCUT2D eigenvalue weighted by molar-refractivity contribution is 6.23. The predicted octanol–water partition coefficient (Wildman–Crippen LogP) is 3.80. The molecule has 1 N–H and O–H groups in total. The van der Waals surface area contributed by atoms with Gasteiger partial charge in [0.05, 0.1) is 23.1 Å². The Bertz CT molecular complexity index is 1250. The lowest BCUT2D eigenvalue weighted by molar-refractivity contribution is -0.123. The summed E-state index contributed by atoms with van der Waals surface area (Å²) in [5, 5.41) is 2.75. The van der Waals surface area contributed by atoms with Crippen molar-refractivity contribution in [2.75, 3.05) is 16.8 Å². The minimum absolute atomic E-state index is 0.139. The Morgan fingerprint density at radius 3 is 2.44 bits per heavy atom. The van der Waals surface area contributed by atoms with E-state index in [1.165, 1.54) is 22.6 Å². The normalized spacial score (nSPS) is 24.8. The van der Waals surface area contributed by atoms with Crippen LogP contribution in [-0.2, 0) is 19.1 Å². The van der Waals surface area contributed by atoms with Gasteiger partial charge < -0.3 is 10.1 Å². The number of fused-ring (bicyclic) bond motifs is 5. The van der Waals surface area contributed by atoms with Crippen molar-refractivity contribution in [3.8, 4) is 0 Å². The number of carbonyl (C=O) groups is 4. The van der Waals surface area contributed by atoms with E-state index in [9.17, 15) is 19.2 Å². The second-order valence-corrected chi connectivity index (χ2v) is 9.40. The zero-order valence-electron chi connectivity index (χ0n) is 19.3. The number of ether oxygens (including phenoxy) is 1. The van der Waals surface area contributed by atoms with Gasteiger partial charge in [-0.3, -0.25) is 19.3 Å². The predicted molar refractivity (Wildman–Crippen MR) is 126 cm³/mol. The first-order valence-electron chi connectivity index (χ1n) is 11.5. The minimum Gasteiger partial charge on any atom is -0.452 e. The molecular formula is C27H26N2O5. The summed E-state index contributed by atoms with van der Waals surface area (Å²) in [6, 6.07) is 11.7. The van der Waals surface area contributed by atoms with E-state index in [2.05, 4.69) is 11.4 Å². The first-order chi connectivity index (χ1) is 16.3. The van der Waals surface area contributed by atoms with Crippen molar-refractivity contribution in [3.63, 3.8) is 0 Å². The molecule has 2 aromatic rings. The molecule has 1 heterocycles. The quantitative estimate of drug-likeness (QED) is 0.418. The molecule has 2 fully saturated rings. The van der Waals surface area contributed by atoms with Crippen molar-refractivity contribution >= 4 is 35.1 Å². The standard InChI is InChI=1S/C27H26N2O5/c1-14-5-4-6-21(16(14)3)28-22(30)13-34-27(33)17-7-9-19(10-8-17)29-25(31)23-18-11-15(2)20(12-18)24(23)26(29)32/h4-11,18,20,23-24H,12-13H2,1-3H3,(H,28,30)/t18-,20+,23-,24+/m0/s1. The van der Waals surface area contributed by atoms with E-state index in [-0.39, 0.29) is 41.0 Å². The third-order valence-corrected chi connectivity index (χ3v) is 7.45. The van der Waals surface area contributed by atoms with E-state index in [1.54, 1.807) is 18.2 Å². The first-order valence-corrected chi connectivity index (χ1v) is 11.5. The van der Waals surface area contributed by atoms with Crippen LogP contribution in [0.5, 0.6) is 0 Å². The van der Waals surface area contributed by atoms with Gasteiger partial charge in [-0.05, 0) is 80.5 Å². The second-order valence-electron chi connectivity index (χ2n) is 9.40. The number of nitrogens with zero attached hydrogens (tertiary/aromatic N) is 1. The van der Waals surface area contributed by atoms with Crippen molar-refractivity contribution in [1.29, 1.82) is 0 Å². The van der Waals surface area contributed by atoms with Gasteiger partial charge in [0.25, 0.3) is 5.91 Å². The van der Waals surface area contributed by atoms with Gasteiger partial charge in [0.15, 0.2) is 6.61 Å². The van der Waals surface area contributed by atoms with Crippen LogP contribution < -0.4 is 10.2 Å². The third kappa shape index (κ3) is 3.52. The smallest absolute Gasteiger partial charge is 0.338 e. The molecule has 3 amide bonds. The van der Waals surface area contributed by atoms with Gasteiger partial charge in [-0.2, -0.15) is 0 Å². The summed E-state index contributed by atoms with van der Waals surface area (Å²) in [5.41, 5.74) is 4.56. The third-order valence-electron chi connectivity index (χ3n) is 7.45. The van der Waals surface area contributed by atoms with Crippen LogP contribution in [0.15, 0.2) is 54.1 Å². The van der Waals surface area contributed by atoms with Crippen LogP contribution in [0.25, 0.3) is 0 Å². The highest BCUT2D eigenvalue weighted by Gasteiger charge is 2.60. The SMILES string of the molecule is CC1=C[C@H]2C[C@H]1[C@H]1C(=O)N(c3ccc(C(=O)OCC(=O)Nc4cccc(C)c4C)cc3)C(=O)[C@H]12. The number of allylic oxidation sites excluding steroid dienone is 2. The summed E-state index contributed by atoms with van der Waals surface area (Å²) in [7, 11) is 0. The molecule has 1 saturated heterocycles. The molecule has 174 valence electrons. The molecule has 1 saturated carbocycles. The average Bonchev–Trinajstić information content (AvgIpc) is 3.45. The maximum Gasteiger partial charge on any atom is 0.338 e. The number of rotatable bonds is 5. The number of aryl methyl sites for hydroxylation is 1. The van der Waals surface area contributed by atoms with Gasteiger partial charge >= 0.3 is 5.97 Å². The van der Waals surface area contributed by atoms with E-state index in [0.29, 0.717) is 11.4 Å². The fourth-order valence-electron chi connectivity index (χ4n) is 5.56. The van der Waals surface area contributed by atoms with Crippen LogP contribution in [0.2, 0.25) is 0 Å². The van der Waals surface area contributed by atoms with E-state index < -0.39 is 18.5 Å². The number of amides is 3. The lowest BCUT2D eigenvalue weighted by atomic mass is 9.82. The monoisotopic (exact) mass is 458 g/mol. The molecule has 2 aromatic carbocycles. The molecule has 3 aliphatic rings. The zero-order chi connectivity index (χ0) is 24.1. The molecule has 1 aliphatic heterocycles. The van der Waals surface area contributed by atoms with Crippen molar-refractivity contribution in [1.82, 2.24) is 0 Å². The van der Waals surface area contributed by atoms with Crippen LogP contribution in [0, 0.1) is 37.5 Å². The molecule has 0 radical (unpaired) electrons. The minimum atomic E-state index is -0.656. The summed E-state index contributed by atoms with van der Waals surface area (Å²) in [4.78, 5) is 52.0. The lowest BCUT2D eigenvalue weighted by Gasteiger charge is -2.19. The van der Waals surface area contributed by atoms with E-state index >= 15 is 0 Å². The molecule has 7 nitrogen and oxygen atoms in total. The fraction of sp³-hybridized carbons (Fsp3) is 0.333. The number of esters is 1. The molecule has 5 rings (SSSR count). The molecule has 4 atom stereocenters. The van der Waals surface area contributed by atoms with Crippen LogP contribution in [0.3, 0.4) is 0 Å². The summed E-state index contributed by atoms with van der Waals surface area (Å²) < 4.78 is 5.14. The van der Waals surface area contributed by atoms with Gasteiger partial charge in [-0.25, -0.2) is 4.79 Å². The van der Waals surface area contributed by atoms with E-state index in [0.717, 1.165) is 17.5 Å². The Labute approximate surface area is 197 Å². The molecule has 0 spiro atoms. The second kappa shape index (κ2) is 8.24. The van der Waals surface area contributed by atoms with Crippen molar-refractivity contribution in [3.05, 3.63) is 70.8 Å². The highest BCUT2D eigenvalue weighted by atomic mass is 16.5. The van der Waals surface area contributed by atoms with Crippen molar-refractivity contribution < 1.29 is 23.9 Å². The molecule has 0 unspecified atom stereocenters. The van der Waals surface area contributed by atoms with Gasteiger partial charge in [0, 0.05) is 5.69 Å². The van der Waals surface area contributed by atoms with Crippen LogP contribution in [0.1, 0.15) is 34.8 Å². The fourth-order valence-corrected chi connectivity index (χ4v) is 5.56. The number of carbonyl (C=O) groups excluding carboxylic acids is 4. The largest absolute Gasteiger partial charge is 0.452 e. The van der Waals surface area contributed by atoms with Crippen LogP contribution in [0.4, 0.5) is 11.4 Å². The summed E-state index contributed by atoms with van der Waals surface area (Å²) in [6.07, 6.45) is 3.02. The number of hydrogen-bond donors (Lipinski definition) is 1. The molecule has 2 bridgehead atoms. The number of hydrogen-bond acceptors (Lipinski definition) is 5. The van der Waals surface area contributed by atoms with Gasteiger partial charge in [0.1, 0.15) is 0 Å². The molecule has 34 heavy (non-hydrogen) atoms. The maximum atomic E-state index is 13.1. The van der Waals surface area contributed by atoms with Crippen molar-refractivity contribution in [2.45, 2.75) is 27.2 Å². The van der Waals surface area contributed by atoms with Gasteiger partial charge in [0.2, 0.25) is 11.8 Å². The molecule has 0 aromatic heterocycles. The Morgan fingerprint density at radius 1 is 1.00 bits per heavy atom. The lowest BCUT2D eigenvalue weighted by Crippen LogP contribution is -2.33. The number of nitrogens with one attached hydrogen (secondary N) is 1. The summed E-state index contributed by atoms with van der Waals surface area (Å²) in [5.74, 6) is -1.67. The Hall–Kier alpha value is -3.74. The number of anilines is 2. The number of benzene rings is 2. The molecule has 7 heteroatoms. The Balaban J connectivity index is 1.21. The van der Waals surface area contributed by atoms with Crippen LogP contribution in [-0.4, -0.2) is 30.3 Å². The summed E-state index contributed by atoms with van der Waals surface area (Å²) in [6.45, 7) is 5.47. The molecular weight excluding hydrogens is 432 g/mol. The topological polar surface area (TPSA) is 92.8 Å². The summed E-state index contributed by atoms with van der Waals surface area (Å²) >= 11 is 0. The van der Waals surface area contributed by atoms with E-state index in [1.807, 2.05) is 32.9 Å².